The van der Waals surface area contributed by atoms with Crippen LogP contribution in [0.15, 0.2) is 11.4 Å². The second kappa shape index (κ2) is 5.53. The third-order valence-electron chi connectivity index (χ3n) is 3.81. The molecule has 1 heterocycles. The summed E-state index contributed by atoms with van der Waals surface area (Å²) in [6.45, 7) is 8.24. The molecule has 0 aliphatic heterocycles. The molecule has 1 fully saturated rings. The van der Waals surface area contributed by atoms with E-state index in [9.17, 15) is 0 Å². The molecule has 96 valence electrons. The molecular formula is C15H25NS. The van der Waals surface area contributed by atoms with Crippen LogP contribution in [0.25, 0.3) is 0 Å². The lowest BCUT2D eigenvalue weighted by molar-refractivity contribution is 0.302. The van der Waals surface area contributed by atoms with Crippen molar-refractivity contribution in [2.45, 2.75) is 58.9 Å². The number of thiophene rings is 1. The first-order valence-electron chi connectivity index (χ1n) is 6.83. The second-order valence-electron chi connectivity index (χ2n) is 6.17. The van der Waals surface area contributed by atoms with Gasteiger partial charge in [-0.05, 0) is 68.0 Å². The van der Waals surface area contributed by atoms with Crippen LogP contribution in [0.2, 0.25) is 0 Å². The predicted octanol–water partition coefficient (Wildman–Crippen LogP) is 4.16. The largest absolute Gasteiger partial charge is 0.314 e. The van der Waals surface area contributed by atoms with Gasteiger partial charge in [-0.15, -0.1) is 11.3 Å². The van der Waals surface area contributed by atoms with E-state index in [1.165, 1.54) is 44.2 Å². The van der Waals surface area contributed by atoms with Gasteiger partial charge < -0.3 is 5.32 Å². The Balaban J connectivity index is 1.70. The Morgan fingerprint density at radius 1 is 1.35 bits per heavy atom. The maximum Gasteiger partial charge on any atom is 0.00746 e. The van der Waals surface area contributed by atoms with Gasteiger partial charge in [0, 0.05) is 10.9 Å². The lowest BCUT2D eigenvalue weighted by Crippen LogP contribution is -2.24. The first-order chi connectivity index (χ1) is 8.07. The summed E-state index contributed by atoms with van der Waals surface area (Å²) in [5.74, 6) is 0. The van der Waals surface area contributed by atoms with Gasteiger partial charge in [-0.25, -0.2) is 0 Å². The van der Waals surface area contributed by atoms with Crippen LogP contribution in [0.4, 0.5) is 0 Å². The van der Waals surface area contributed by atoms with Crippen molar-refractivity contribution < 1.29 is 0 Å². The Morgan fingerprint density at radius 3 is 2.71 bits per heavy atom. The van der Waals surface area contributed by atoms with Gasteiger partial charge in [0.1, 0.15) is 0 Å². The summed E-state index contributed by atoms with van der Waals surface area (Å²) in [6, 6.07) is 3.09. The first kappa shape index (κ1) is 13.1. The number of nitrogens with one attached hydrogen (secondary N) is 1. The van der Waals surface area contributed by atoms with Gasteiger partial charge in [-0.1, -0.05) is 13.8 Å². The van der Waals surface area contributed by atoms with Crippen molar-refractivity contribution in [1.82, 2.24) is 5.32 Å². The Hall–Kier alpha value is -0.340. The molecule has 1 aromatic heterocycles. The zero-order chi connectivity index (χ0) is 12.3. The molecule has 0 spiro atoms. The molecule has 2 rings (SSSR count). The number of rotatable bonds is 7. The first-order valence-corrected chi connectivity index (χ1v) is 7.71. The van der Waals surface area contributed by atoms with E-state index in [1.54, 1.807) is 4.88 Å². The van der Waals surface area contributed by atoms with E-state index in [4.69, 9.17) is 0 Å². The van der Waals surface area contributed by atoms with Crippen LogP contribution >= 0.6 is 11.3 Å². The highest BCUT2D eigenvalue weighted by molar-refractivity contribution is 7.10. The standard InChI is InChI=1S/C15H25NS/c1-12-7-11-17-14(12)6-8-15(2,3)9-10-16-13-4-5-13/h7,11,13,16H,4-6,8-10H2,1-3H3. The molecule has 1 aliphatic rings. The molecular weight excluding hydrogens is 226 g/mol. The molecule has 0 radical (unpaired) electrons. The molecule has 1 nitrogen and oxygen atoms in total. The molecule has 2 heteroatoms. The molecule has 0 saturated heterocycles. The van der Waals surface area contributed by atoms with E-state index in [0.29, 0.717) is 5.41 Å². The minimum atomic E-state index is 0.471. The molecule has 0 aromatic carbocycles. The third-order valence-corrected chi connectivity index (χ3v) is 4.89. The fourth-order valence-electron chi connectivity index (χ4n) is 2.14. The molecule has 1 aromatic rings. The van der Waals surface area contributed by atoms with Gasteiger partial charge >= 0.3 is 0 Å². The Bertz CT molecular complexity index is 350. The minimum absolute atomic E-state index is 0.471. The topological polar surface area (TPSA) is 12.0 Å². The maximum atomic E-state index is 3.62. The van der Waals surface area contributed by atoms with Crippen molar-refractivity contribution in [2.24, 2.45) is 5.41 Å². The average Bonchev–Trinajstić information content (AvgIpc) is 2.98. The van der Waals surface area contributed by atoms with Crippen molar-refractivity contribution in [3.8, 4) is 0 Å². The molecule has 17 heavy (non-hydrogen) atoms. The van der Waals surface area contributed by atoms with Crippen LogP contribution in [0.5, 0.6) is 0 Å². The molecule has 1 aliphatic carbocycles. The fraction of sp³-hybridized carbons (Fsp3) is 0.733. The van der Waals surface area contributed by atoms with Crippen molar-refractivity contribution in [1.29, 1.82) is 0 Å². The number of aryl methyl sites for hydroxylation is 2. The SMILES string of the molecule is Cc1ccsc1CCC(C)(C)CCNC1CC1. The zero-order valence-corrected chi connectivity index (χ0v) is 12.2. The lowest BCUT2D eigenvalue weighted by atomic mass is 9.84. The van der Waals surface area contributed by atoms with Gasteiger partial charge in [0.2, 0.25) is 0 Å². The van der Waals surface area contributed by atoms with Crippen molar-refractivity contribution in [3.63, 3.8) is 0 Å². The smallest absolute Gasteiger partial charge is 0.00746 e. The Labute approximate surface area is 110 Å². The molecule has 0 unspecified atom stereocenters. The van der Waals surface area contributed by atoms with Gasteiger partial charge in [0.05, 0.1) is 0 Å². The van der Waals surface area contributed by atoms with Crippen molar-refractivity contribution in [2.75, 3.05) is 6.54 Å². The quantitative estimate of drug-likeness (QED) is 0.767. The van der Waals surface area contributed by atoms with Crippen molar-refractivity contribution >= 4 is 11.3 Å². The molecule has 0 bridgehead atoms. The molecule has 1 saturated carbocycles. The summed E-state index contributed by atoms with van der Waals surface area (Å²) in [6.07, 6.45) is 6.65. The van der Waals surface area contributed by atoms with Gasteiger partial charge in [0.25, 0.3) is 0 Å². The monoisotopic (exact) mass is 251 g/mol. The summed E-state index contributed by atoms with van der Waals surface area (Å²) in [5.41, 5.74) is 1.94. The van der Waals surface area contributed by atoms with Gasteiger partial charge in [0.15, 0.2) is 0 Å². The van der Waals surface area contributed by atoms with E-state index in [2.05, 4.69) is 37.5 Å². The maximum absolute atomic E-state index is 3.62. The second-order valence-corrected chi connectivity index (χ2v) is 7.17. The normalized spacial score (nSPS) is 16.4. The Kier molecular flexibility index (Phi) is 4.26. The highest BCUT2D eigenvalue weighted by atomic mass is 32.1. The van der Waals surface area contributed by atoms with Crippen LogP contribution in [0.1, 0.15) is 50.0 Å². The van der Waals surface area contributed by atoms with Crippen molar-refractivity contribution in [3.05, 3.63) is 21.9 Å². The van der Waals surface area contributed by atoms with Crippen LogP contribution in [0, 0.1) is 12.3 Å². The van der Waals surface area contributed by atoms with Crippen LogP contribution < -0.4 is 5.32 Å². The predicted molar refractivity (Wildman–Crippen MR) is 76.8 cm³/mol. The van der Waals surface area contributed by atoms with Crippen LogP contribution in [-0.4, -0.2) is 12.6 Å². The molecule has 0 atom stereocenters. The number of hydrogen-bond acceptors (Lipinski definition) is 2. The molecule has 0 amide bonds. The lowest BCUT2D eigenvalue weighted by Gasteiger charge is -2.24. The van der Waals surface area contributed by atoms with E-state index < -0.39 is 0 Å². The molecule has 1 N–H and O–H groups in total. The number of hydrogen-bond donors (Lipinski definition) is 1. The summed E-state index contributed by atoms with van der Waals surface area (Å²) in [4.78, 5) is 1.58. The van der Waals surface area contributed by atoms with E-state index >= 15 is 0 Å². The van der Waals surface area contributed by atoms with Gasteiger partial charge in [-0.2, -0.15) is 0 Å². The summed E-state index contributed by atoms with van der Waals surface area (Å²) >= 11 is 1.91. The van der Waals surface area contributed by atoms with Gasteiger partial charge in [-0.3, -0.25) is 0 Å². The highest BCUT2D eigenvalue weighted by Crippen LogP contribution is 2.29. The van der Waals surface area contributed by atoms with E-state index in [-0.39, 0.29) is 0 Å². The summed E-state index contributed by atoms with van der Waals surface area (Å²) < 4.78 is 0. The third kappa shape index (κ3) is 4.44. The van der Waals surface area contributed by atoms with E-state index in [0.717, 1.165) is 6.04 Å². The average molecular weight is 251 g/mol. The Morgan fingerprint density at radius 2 is 2.12 bits per heavy atom. The van der Waals surface area contributed by atoms with Crippen LogP contribution in [0.3, 0.4) is 0 Å². The summed E-state index contributed by atoms with van der Waals surface area (Å²) in [5, 5.41) is 5.83. The van der Waals surface area contributed by atoms with E-state index in [1.807, 2.05) is 11.3 Å². The fourth-order valence-corrected chi connectivity index (χ4v) is 3.05. The summed E-state index contributed by atoms with van der Waals surface area (Å²) in [7, 11) is 0. The highest BCUT2D eigenvalue weighted by Gasteiger charge is 2.22. The zero-order valence-electron chi connectivity index (χ0n) is 11.4. The van der Waals surface area contributed by atoms with Crippen LogP contribution in [-0.2, 0) is 6.42 Å². The minimum Gasteiger partial charge on any atom is -0.314 e.